The lowest BCUT2D eigenvalue weighted by molar-refractivity contribution is -0.446. The fourth-order valence-electron chi connectivity index (χ4n) is 13.3. The second-order valence-electron chi connectivity index (χ2n) is 20.6. The van der Waals surface area contributed by atoms with E-state index in [0.29, 0.717) is 25.7 Å². The van der Waals surface area contributed by atoms with Crippen LogP contribution >= 0.6 is 0 Å². The van der Waals surface area contributed by atoms with E-state index < -0.39 is 96.9 Å². The standard InChI is InChI=1S/C45H82N8O16/c1-42(58-5)21-43(2,59-6)67-31-30(66-42)38-48-34-26-22(62-17-13-54)9-11-24(64-19-15-56)28(26)36(46-34)50-40-32-33(69-45(4,61-8)44(3,60-7)68-32)41(53-40)51-37-29-25(65-20-16-57)12-10-23(63-18-14-55)27(29)35(47-37)49-39(31)52-38/h22-41,46-57H,9-21H2,1-8H3. The maximum Gasteiger partial charge on any atom is 0.220 e. The van der Waals surface area contributed by atoms with E-state index in [1.165, 1.54) is 0 Å². The Balaban J connectivity index is 1.17. The van der Waals surface area contributed by atoms with Crippen molar-refractivity contribution in [3.05, 3.63) is 0 Å². The molecule has 7 aliphatic heterocycles. The first-order chi connectivity index (χ1) is 33.2. The zero-order valence-corrected chi connectivity index (χ0v) is 41.4. The van der Waals surface area contributed by atoms with Crippen LogP contribution in [0.1, 0.15) is 59.8 Å². The van der Waals surface area contributed by atoms with Gasteiger partial charge >= 0.3 is 0 Å². The number of ether oxygens (including phenoxy) is 12. The van der Waals surface area contributed by atoms with E-state index in [1.54, 1.807) is 28.4 Å². The molecular weight excluding hydrogens is 909 g/mol. The molecule has 8 bridgehead atoms. The fourth-order valence-corrected chi connectivity index (χ4v) is 13.3. The van der Waals surface area contributed by atoms with Crippen molar-refractivity contribution in [1.82, 2.24) is 42.5 Å². The average molecular weight is 991 g/mol. The fraction of sp³-hybridized carbons (Fsp3) is 1.00. The molecule has 24 unspecified atom stereocenters. The van der Waals surface area contributed by atoms with Gasteiger partial charge in [0.15, 0.2) is 11.6 Å². The van der Waals surface area contributed by atoms with Gasteiger partial charge < -0.3 is 77.3 Å². The first-order valence-electron chi connectivity index (χ1n) is 25.1. The van der Waals surface area contributed by atoms with E-state index in [1.807, 2.05) is 27.7 Å². The second kappa shape index (κ2) is 21.7. The lowest BCUT2D eigenvalue weighted by Crippen LogP contribution is -2.69. The summed E-state index contributed by atoms with van der Waals surface area (Å²) in [6.45, 7) is 7.49. The van der Waals surface area contributed by atoms with Crippen molar-refractivity contribution in [2.45, 2.75) is 181 Å². The Morgan fingerprint density at radius 2 is 0.623 bits per heavy atom. The van der Waals surface area contributed by atoms with Crippen LogP contribution in [0.3, 0.4) is 0 Å². The van der Waals surface area contributed by atoms with Crippen LogP contribution in [0.2, 0.25) is 0 Å². The van der Waals surface area contributed by atoms with Gasteiger partial charge in [0.05, 0.1) is 133 Å². The molecule has 24 atom stereocenters. The molecule has 0 spiro atoms. The first kappa shape index (κ1) is 52.9. The third kappa shape index (κ3) is 10.0. The minimum Gasteiger partial charge on any atom is -0.394 e. The van der Waals surface area contributed by atoms with Gasteiger partial charge in [-0.2, -0.15) is 0 Å². The lowest BCUT2D eigenvalue weighted by Gasteiger charge is -2.52. The van der Waals surface area contributed by atoms with Crippen molar-refractivity contribution >= 4 is 0 Å². The van der Waals surface area contributed by atoms with Gasteiger partial charge in [-0.25, -0.2) is 0 Å². The summed E-state index contributed by atoms with van der Waals surface area (Å²) in [5, 5.41) is 71.4. The number of methoxy groups -OCH3 is 4. The van der Waals surface area contributed by atoms with Crippen LogP contribution in [0.15, 0.2) is 0 Å². The summed E-state index contributed by atoms with van der Waals surface area (Å²) in [5.74, 6) is -5.81. The molecule has 0 aromatic carbocycles. The molecule has 2 saturated carbocycles. The van der Waals surface area contributed by atoms with Crippen LogP contribution in [0, 0.1) is 23.7 Å². The minimum atomic E-state index is -1.33. The molecule has 9 fully saturated rings. The van der Waals surface area contributed by atoms with Gasteiger partial charge in [-0.1, -0.05) is 0 Å². The van der Waals surface area contributed by atoms with E-state index in [-0.39, 0.29) is 107 Å². The van der Waals surface area contributed by atoms with Crippen molar-refractivity contribution in [3.63, 3.8) is 0 Å². The third-order valence-corrected chi connectivity index (χ3v) is 16.7. The summed E-state index contributed by atoms with van der Waals surface area (Å²) < 4.78 is 78.5. The van der Waals surface area contributed by atoms with Gasteiger partial charge in [-0.15, -0.1) is 0 Å². The smallest absolute Gasteiger partial charge is 0.220 e. The van der Waals surface area contributed by atoms with Crippen LogP contribution in [0.4, 0.5) is 0 Å². The molecule has 24 heteroatoms. The molecule has 0 radical (unpaired) electrons. The number of fused-ring (bicyclic) bond motifs is 20. The number of hydrogen-bond donors (Lipinski definition) is 12. The van der Waals surface area contributed by atoms with E-state index in [9.17, 15) is 20.4 Å². The largest absolute Gasteiger partial charge is 0.394 e. The van der Waals surface area contributed by atoms with Crippen LogP contribution in [-0.2, 0) is 56.8 Å². The molecule has 9 aliphatic rings. The molecule has 24 nitrogen and oxygen atoms in total. The highest BCUT2D eigenvalue weighted by atomic mass is 16.8. The van der Waals surface area contributed by atoms with Crippen LogP contribution in [0.25, 0.3) is 0 Å². The van der Waals surface area contributed by atoms with Crippen LogP contribution in [0.5, 0.6) is 0 Å². The number of nitrogens with one attached hydrogen (secondary N) is 8. The Labute approximate surface area is 405 Å². The summed E-state index contributed by atoms with van der Waals surface area (Å²) in [4.78, 5) is 0. The van der Waals surface area contributed by atoms with Crippen molar-refractivity contribution in [2.75, 3.05) is 81.3 Å². The van der Waals surface area contributed by atoms with E-state index >= 15 is 0 Å². The van der Waals surface area contributed by atoms with Crippen molar-refractivity contribution in [2.24, 2.45) is 23.7 Å². The third-order valence-electron chi connectivity index (χ3n) is 16.7. The number of aliphatic hydroxyl groups excluding tert-OH is 4. The van der Waals surface area contributed by atoms with Gasteiger partial charge in [0.2, 0.25) is 11.6 Å². The molecule has 0 aromatic rings. The number of aliphatic hydroxyl groups is 4. The maximum absolute atomic E-state index is 10.0. The molecular formula is C45H82N8O16. The zero-order chi connectivity index (χ0) is 48.9. The Morgan fingerprint density at radius 1 is 0.377 bits per heavy atom. The van der Waals surface area contributed by atoms with Crippen molar-refractivity contribution in [1.29, 1.82) is 0 Å². The lowest BCUT2D eigenvalue weighted by atomic mass is 9.74. The van der Waals surface area contributed by atoms with E-state index in [4.69, 9.17) is 56.8 Å². The molecule has 7 saturated heterocycles. The van der Waals surface area contributed by atoms with Gasteiger partial charge in [-0.05, 0) is 53.4 Å². The van der Waals surface area contributed by atoms with Gasteiger partial charge in [0.25, 0.3) is 0 Å². The zero-order valence-electron chi connectivity index (χ0n) is 41.4. The summed E-state index contributed by atoms with van der Waals surface area (Å²) in [7, 11) is 6.38. The molecule has 9 rings (SSSR count). The average Bonchev–Trinajstić information content (AvgIpc) is 4.05. The summed E-state index contributed by atoms with van der Waals surface area (Å²) in [6.07, 6.45) is -4.87. The topological polar surface area (TPSA) is 288 Å². The summed E-state index contributed by atoms with van der Waals surface area (Å²) in [5.41, 5.74) is 0. The highest BCUT2D eigenvalue weighted by molar-refractivity contribution is 5.14. The summed E-state index contributed by atoms with van der Waals surface area (Å²) >= 11 is 0. The SMILES string of the molecule is COC1(C)CC(C)(OC)OC2C3NC(NC4NC(NC5NC(NC6NC(N3)C3C(OCCO)CCC(OCCO)C63)C3OC(C)(OC)C(C)(OC)OC53)C3C(OCCO)CCC(OCCO)C43)C2O1. The summed E-state index contributed by atoms with van der Waals surface area (Å²) in [6, 6.07) is 0. The van der Waals surface area contributed by atoms with Crippen LogP contribution < -0.4 is 42.5 Å². The maximum atomic E-state index is 10.0. The Bertz CT molecular complexity index is 1580. The van der Waals surface area contributed by atoms with Crippen molar-refractivity contribution in [3.8, 4) is 0 Å². The molecule has 7 heterocycles. The quantitative estimate of drug-likeness (QED) is 0.0710. The predicted octanol–water partition coefficient (Wildman–Crippen LogP) is -3.65. The van der Waals surface area contributed by atoms with Crippen LogP contribution in [-0.4, -0.2) is 223 Å². The first-order valence-corrected chi connectivity index (χ1v) is 25.1. The van der Waals surface area contributed by atoms with E-state index in [0.717, 1.165) is 0 Å². The van der Waals surface area contributed by atoms with Gasteiger partial charge in [-0.3, -0.25) is 42.5 Å². The molecule has 398 valence electrons. The monoisotopic (exact) mass is 991 g/mol. The highest BCUT2D eigenvalue weighted by Crippen LogP contribution is 2.48. The molecule has 2 aliphatic carbocycles. The molecule has 0 aromatic heterocycles. The normalized spacial score (nSPS) is 51.7. The van der Waals surface area contributed by atoms with Gasteiger partial charge in [0, 0.05) is 52.1 Å². The molecule has 0 amide bonds. The minimum absolute atomic E-state index is 0.135. The van der Waals surface area contributed by atoms with Crippen molar-refractivity contribution < 1.29 is 77.3 Å². The Hall–Kier alpha value is -0.960. The van der Waals surface area contributed by atoms with E-state index in [2.05, 4.69) is 42.5 Å². The Kier molecular flexibility index (Phi) is 16.6. The second-order valence-corrected chi connectivity index (χ2v) is 20.6. The predicted molar refractivity (Wildman–Crippen MR) is 241 cm³/mol. The number of hydrogen-bond acceptors (Lipinski definition) is 24. The van der Waals surface area contributed by atoms with Gasteiger partial charge in [0.1, 0.15) is 24.4 Å². The molecule has 69 heavy (non-hydrogen) atoms. The highest BCUT2D eigenvalue weighted by Gasteiger charge is 2.66. The Morgan fingerprint density at radius 3 is 0.870 bits per heavy atom. The number of rotatable bonds is 16. The molecule has 12 N–H and O–H groups in total.